The standard InChI is InChI=1S/C14H16N4O4/c1-22-14(21)8-6-10-11(16-7-8)18(13(20)12(19)17-10)9-2-4-15-5-3-9/h6-7,9,15H,2-5H2,1H3,(H,17,19). The topological polar surface area (TPSA) is 106 Å². The molecule has 0 saturated carbocycles. The molecule has 3 heterocycles. The van der Waals surface area contributed by atoms with Crippen molar-refractivity contribution in [2.75, 3.05) is 20.2 Å². The van der Waals surface area contributed by atoms with Gasteiger partial charge in [-0.1, -0.05) is 0 Å². The van der Waals surface area contributed by atoms with Crippen molar-refractivity contribution < 1.29 is 9.53 Å². The van der Waals surface area contributed by atoms with Gasteiger partial charge in [-0.2, -0.15) is 0 Å². The fraction of sp³-hybridized carbons (Fsp3) is 0.429. The highest BCUT2D eigenvalue weighted by atomic mass is 16.5. The van der Waals surface area contributed by atoms with Crippen molar-refractivity contribution in [3.63, 3.8) is 0 Å². The number of fused-ring (bicyclic) bond motifs is 1. The molecule has 0 amide bonds. The van der Waals surface area contributed by atoms with E-state index in [2.05, 4.69) is 20.0 Å². The number of nitrogens with zero attached hydrogens (tertiary/aromatic N) is 2. The van der Waals surface area contributed by atoms with Crippen LogP contribution < -0.4 is 16.4 Å². The Bertz CT molecular complexity index is 833. The molecule has 2 aromatic heterocycles. The molecule has 0 bridgehead atoms. The Morgan fingerprint density at radius 2 is 2.09 bits per heavy atom. The number of hydrogen-bond donors (Lipinski definition) is 2. The molecule has 1 aliphatic heterocycles. The van der Waals surface area contributed by atoms with Gasteiger partial charge in [0.25, 0.3) is 0 Å². The van der Waals surface area contributed by atoms with Crippen LogP contribution in [-0.2, 0) is 4.74 Å². The van der Waals surface area contributed by atoms with Gasteiger partial charge in [0.1, 0.15) is 0 Å². The summed E-state index contributed by atoms with van der Waals surface area (Å²) >= 11 is 0. The van der Waals surface area contributed by atoms with Gasteiger partial charge in [0.2, 0.25) is 0 Å². The lowest BCUT2D eigenvalue weighted by Gasteiger charge is -2.25. The predicted octanol–water partition coefficient (Wildman–Crippen LogP) is -0.204. The molecular formula is C14H16N4O4. The highest BCUT2D eigenvalue weighted by Crippen LogP contribution is 2.20. The number of carbonyl (C=O) groups is 1. The molecule has 0 spiro atoms. The number of carbonyl (C=O) groups excluding carboxylic acids is 1. The number of aromatic nitrogens is 3. The summed E-state index contributed by atoms with van der Waals surface area (Å²) in [6, 6.07) is 1.40. The molecule has 0 unspecified atom stereocenters. The Kier molecular flexibility index (Phi) is 3.76. The van der Waals surface area contributed by atoms with E-state index < -0.39 is 17.1 Å². The van der Waals surface area contributed by atoms with Crippen molar-refractivity contribution in [1.29, 1.82) is 0 Å². The Morgan fingerprint density at radius 1 is 1.36 bits per heavy atom. The quantitative estimate of drug-likeness (QED) is 0.588. The van der Waals surface area contributed by atoms with Crippen LogP contribution in [0.1, 0.15) is 29.2 Å². The van der Waals surface area contributed by atoms with E-state index in [1.165, 1.54) is 23.9 Å². The van der Waals surface area contributed by atoms with Crippen LogP contribution in [0.25, 0.3) is 11.2 Å². The van der Waals surface area contributed by atoms with Crippen molar-refractivity contribution in [2.45, 2.75) is 18.9 Å². The third-order valence-electron chi connectivity index (χ3n) is 3.85. The van der Waals surface area contributed by atoms with Crippen molar-refractivity contribution in [3.05, 3.63) is 38.5 Å². The second-order valence-electron chi connectivity index (χ2n) is 5.20. The Labute approximate surface area is 125 Å². The van der Waals surface area contributed by atoms with E-state index in [0.717, 1.165) is 25.9 Å². The SMILES string of the molecule is COC(=O)c1cnc2c(c1)[nH]c(=O)c(=O)n2C1CCNCC1. The van der Waals surface area contributed by atoms with Crippen LogP contribution in [-0.4, -0.2) is 40.7 Å². The predicted molar refractivity (Wildman–Crippen MR) is 79.1 cm³/mol. The maximum atomic E-state index is 12.2. The summed E-state index contributed by atoms with van der Waals surface area (Å²) < 4.78 is 6.08. The molecule has 1 fully saturated rings. The number of esters is 1. The largest absolute Gasteiger partial charge is 0.465 e. The minimum atomic E-state index is -0.713. The fourth-order valence-corrected chi connectivity index (χ4v) is 2.76. The number of ether oxygens (including phenoxy) is 1. The summed E-state index contributed by atoms with van der Waals surface area (Å²) in [6.07, 6.45) is 2.85. The van der Waals surface area contributed by atoms with E-state index in [1.807, 2.05) is 0 Å². The Hall–Kier alpha value is -2.48. The molecule has 0 radical (unpaired) electrons. The number of nitrogens with one attached hydrogen (secondary N) is 2. The number of methoxy groups -OCH3 is 1. The summed E-state index contributed by atoms with van der Waals surface area (Å²) in [5.41, 5.74) is -0.371. The Balaban J connectivity index is 2.21. The Morgan fingerprint density at radius 3 is 2.77 bits per heavy atom. The van der Waals surface area contributed by atoms with Crippen LogP contribution in [0.4, 0.5) is 0 Å². The smallest absolute Gasteiger partial charge is 0.339 e. The monoisotopic (exact) mass is 304 g/mol. The van der Waals surface area contributed by atoms with Gasteiger partial charge in [-0.15, -0.1) is 0 Å². The van der Waals surface area contributed by atoms with Gasteiger partial charge in [0, 0.05) is 12.2 Å². The van der Waals surface area contributed by atoms with Gasteiger partial charge < -0.3 is 15.0 Å². The second-order valence-corrected chi connectivity index (χ2v) is 5.20. The number of rotatable bonds is 2. The van der Waals surface area contributed by atoms with Gasteiger partial charge in [0.15, 0.2) is 5.65 Å². The van der Waals surface area contributed by atoms with Crippen LogP contribution in [0.15, 0.2) is 21.9 Å². The first-order valence-corrected chi connectivity index (χ1v) is 7.05. The molecule has 2 N–H and O–H groups in total. The molecule has 3 rings (SSSR count). The van der Waals surface area contributed by atoms with Crippen LogP contribution in [0.3, 0.4) is 0 Å². The average molecular weight is 304 g/mol. The summed E-state index contributed by atoms with van der Waals surface area (Å²) in [7, 11) is 1.27. The molecule has 22 heavy (non-hydrogen) atoms. The molecular weight excluding hydrogens is 288 g/mol. The van der Waals surface area contributed by atoms with Crippen LogP contribution >= 0.6 is 0 Å². The summed E-state index contributed by atoms with van der Waals surface area (Å²) in [5.74, 6) is -0.546. The number of piperidine rings is 1. The van der Waals surface area contributed by atoms with E-state index in [9.17, 15) is 14.4 Å². The number of pyridine rings is 1. The molecule has 1 saturated heterocycles. The zero-order valence-electron chi connectivity index (χ0n) is 12.1. The molecule has 8 nitrogen and oxygen atoms in total. The van der Waals surface area contributed by atoms with E-state index >= 15 is 0 Å². The lowest BCUT2D eigenvalue weighted by molar-refractivity contribution is 0.0600. The van der Waals surface area contributed by atoms with Crippen LogP contribution in [0, 0.1) is 0 Å². The van der Waals surface area contributed by atoms with Crippen LogP contribution in [0.5, 0.6) is 0 Å². The number of H-pyrrole nitrogens is 1. The first kappa shape index (κ1) is 14.5. The van der Waals surface area contributed by atoms with Gasteiger partial charge in [-0.05, 0) is 32.0 Å². The molecule has 0 aliphatic carbocycles. The summed E-state index contributed by atoms with van der Waals surface area (Å²) in [4.78, 5) is 42.4. The number of hydrogen-bond acceptors (Lipinski definition) is 6. The van der Waals surface area contributed by atoms with Crippen molar-refractivity contribution in [3.8, 4) is 0 Å². The summed E-state index contributed by atoms with van der Waals surface area (Å²) in [6.45, 7) is 1.57. The van der Waals surface area contributed by atoms with E-state index in [0.29, 0.717) is 11.2 Å². The second kappa shape index (κ2) is 5.72. The van der Waals surface area contributed by atoms with Gasteiger partial charge in [-0.25, -0.2) is 9.78 Å². The maximum absolute atomic E-state index is 12.2. The van der Waals surface area contributed by atoms with Crippen LogP contribution in [0.2, 0.25) is 0 Å². The first-order chi connectivity index (χ1) is 10.6. The zero-order valence-corrected chi connectivity index (χ0v) is 12.1. The first-order valence-electron chi connectivity index (χ1n) is 7.05. The fourth-order valence-electron chi connectivity index (χ4n) is 2.76. The highest BCUT2D eigenvalue weighted by Gasteiger charge is 2.21. The highest BCUT2D eigenvalue weighted by molar-refractivity contribution is 5.92. The molecule has 0 aromatic carbocycles. The van der Waals surface area contributed by atoms with Gasteiger partial charge in [-0.3, -0.25) is 14.2 Å². The molecule has 0 atom stereocenters. The maximum Gasteiger partial charge on any atom is 0.339 e. The average Bonchev–Trinajstić information content (AvgIpc) is 2.55. The van der Waals surface area contributed by atoms with Gasteiger partial charge >= 0.3 is 17.1 Å². The lowest BCUT2D eigenvalue weighted by atomic mass is 10.1. The lowest BCUT2D eigenvalue weighted by Crippen LogP contribution is -2.41. The zero-order chi connectivity index (χ0) is 15.7. The molecule has 2 aromatic rings. The van der Waals surface area contributed by atoms with Gasteiger partial charge in [0.05, 0.1) is 18.2 Å². The number of aromatic amines is 1. The van der Waals surface area contributed by atoms with E-state index in [-0.39, 0.29) is 11.6 Å². The van der Waals surface area contributed by atoms with E-state index in [1.54, 1.807) is 0 Å². The minimum Gasteiger partial charge on any atom is -0.465 e. The normalized spacial score (nSPS) is 15.9. The molecule has 1 aliphatic rings. The third-order valence-corrected chi connectivity index (χ3v) is 3.85. The van der Waals surface area contributed by atoms with E-state index in [4.69, 9.17) is 0 Å². The molecule has 8 heteroatoms. The minimum absolute atomic E-state index is 0.0740. The van der Waals surface area contributed by atoms with Crippen molar-refractivity contribution in [1.82, 2.24) is 19.9 Å². The van der Waals surface area contributed by atoms with Crippen molar-refractivity contribution >= 4 is 17.1 Å². The third kappa shape index (κ3) is 2.41. The summed E-state index contributed by atoms with van der Waals surface area (Å²) in [5, 5.41) is 3.22. The van der Waals surface area contributed by atoms with Crippen molar-refractivity contribution in [2.24, 2.45) is 0 Å². The molecule has 116 valence electrons.